The largest absolute Gasteiger partial charge is 0.367 e. The van der Waals surface area contributed by atoms with Crippen molar-refractivity contribution in [2.75, 3.05) is 5.73 Å². The molecule has 1 unspecified atom stereocenters. The standard InChI is InChI=1S/C10H12N8OS/c1-6(7-4-17-2-3-20-10(17)13-7)12-8(19)5-18-9(11)14-15-16-18/h2-4,6H,5H2,1H3,(H,12,19)(H2,11,14,16). The van der Waals surface area contributed by atoms with E-state index in [2.05, 4.69) is 25.8 Å². The van der Waals surface area contributed by atoms with Gasteiger partial charge in [-0.25, -0.2) is 9.67 Å². The van der Waals surface area contributed by atoms with Crippen LogP contribution in [0.15, 0.2) is 17.8 Å². The number of carbonyl (C=O) groups is 1. The number of nitrogens with one attached hydrogen (secondary N) is 1. The first-order chi connectivity index (χ1) is 9.63. The summed E-state index contributed by atoms with van der Waals surface area (Å²) >= 11 is 1.54. The van der Waals surface area contributed by atoms with Crippen molar-refractivity contribution in [3.63, 3.8) is 0 Å². The monoisotopic (exact) mass is 292 g/mol. The van der Waals surface area contributed by atoms with Crippen LogP contribution in [0.3, 0.4) is 0 Å². The second kappa shape index (κ2) is 4.89. The Morgan fingerprint density at radius 1 is 1.60 bits per heavy atom. The van der Waals surface area contributed by atoms with Crippen molar-refractivity contribution in [1.29, 1.82) is 0 Å². The SMILES string of the molecule is CC(NC(=O)Cn1nnnc1N)c1cn2ccsc2n1. The van der Waals surface area contributed by atoms with E-state index in [4.69, 9.17) is 5.73 Å². The molecule has 104 valence electrons. The molecule has 9 nitrogen and oxygen atoms in total. The highest BCUT2D eigenvalue weighted by atomic mass is 32.1. The van der Waals surface area contributed by atoms with Gasteiger partial charge in [0.15, 0.2) is 4.96 Å². The van der Waals surface area contributed by atoms with Gasteiger partial charge in [0.2, 0.25) is 11.9 Å². The Labute approximate surface area is 117 Å². The van der Waals surface area contributed by atoms with E-state index in [1.165, 1.54) is 4.68 Å². The minimum Gasteiger partial charge on any atom is -0.367 e. The normalized spacial score (nSPS) is 12.7. The maximum Gasteiger partial charge on any atom is 0.242 e. The summed E-state index contributed by atoms with van der Waals surface area (Å²) in [6.45, 7) is 1.85. The Morgan fingerprint density at radius 3 is 3.15 bits per heavy atom. The van der Waals surface area contributed by atoms with Crippen LogP contribution in [0.5, 0.6) is 0 Å². The van der Waals surface area contributed by atoms with Gasteiger partial charge in [-0.3, -0.25) is 9.20 Å². The number of carbonyl (C=O) groups excluding carboxylic acids is 1. The van der Waals surface area contributed by atoms with E-state index >= 15 is 0 Å². The van der Waals surface area contributed by atoms with Gasteiger partial charge in [0.25, 0.3) is 0 Å². The zero-order valence-corrected chi connectivity index (χ0v) is 11.4. The van der Waals surface area contributed by atoms with Gasteiger partial charge in [-0.15, -0.1) is 11.3 Å². The Kier molecular flexibility index (Phi) is 3.06. The number of nitrogen functional groups attached to an aromatic ring is 1. The summed E-state index contributed by atoms with van der Waals surface area (Å²) in [5.41, 5.74) is 6.30. The van der Waals surface area contributed by atoms with Gasteiger partial charge < -0.3 is 11.1 Å². The number of rotatable bonds is 4. The maximum absolute atomic E-state index is 11.9. The summed E-state index contributed by atoms with van der Waals surface area (Å²) in [4.78, 5) is 17.2. The van der Waals surface area contributed by atoms with E-state index in [0.717, 1.165) is 10.7 Å². The summed E-state index contributed by atoms with van der Waals surface area (Å²) in [5.74, 6) is -0.122. The van der Waals surface area contributed by atoms with Crippen LogP contribution in [0, 0.1) is 0 Å². The molecule has 0 aromatic carbocycles. The molecule has 10 heteroatoms. The van der Waals surface area contributed by atoms with Crippen molar-refractivity contribution in [2.45, 2.75) is 19.5 Å². The van der Waals surface area contributed by atoms with Crippen molar-refractivity contribution in [3.05, 3.63) is 23.5 Å². The van der Waals surface area contributed by atoms with Gasteiger partial charge in [-0.2, -0.15) is 0 Å². The third-order valence-corrected chi connectivity index (χ3v) is 3.56. The van der Waals surface area contributed by atoms with E-state index in [1.807, 2.05) is 29.1 Å². The van der Waals surface area contributed by atoms with Crippen LogP contribution in [-0.4, -0.2) is 35.5 Å². The van der Waals surface area contributed by atoms with Crippen LogP contribution in [-0.2, 0) is 11.3 Å². The molecule has 20 heavy (non-hydrogen) atoms. The maximum atomic E-state index is 11.9. The summed E-state index contributed by atoms with van der Waals surface area (Å²) < 4.78 is 3.15. The third-order valence-electron chi connectivity index (χ3n) is 2.79. The lowest BCUT2D eigenvalue weighted by Crippen LogP contribution is -2.31. The minimum atomic E-state index is -0.229. The Balaban J connectivity index is 1.66. The van der Waals surface area contributed by atoms with Crippen LogP contribution < -0.4 is 11.1 Å². The zero-order chi connectivity index (χ0) is 14.1. The number of fused-ring (bicyclic) bond motifs is 1. The third kappa shape index (κ3) is 2.32. The van der Waals surface area contributed by atoms with Crippen molar-refractivity contribution in [3.8, 4) is 0 Å². The molecule has 0 saturated carbocycles. The number of nitrogens with two attached hydrogens (primary N) is 1. The first kappa shape index (κ1) is 12.5. The molecule has 0 fully saturated rings. The molecule has 3 N–H and O–H groups in total. The number of hydrogen-bond acceptors (Lipinski definition) is 7. The second-order valence-electron chi connectivity index (χ2n) is 4.24. The Bertz CT molecular complexity index is 715. The Hall–Kier alpha value is -2.49. The van der Waals surface area contributed by atoms with E-state index in [0.29, 0.717) is 0 Å². The van der Waals surface area contributed by atoms with Crippen molar-refractivity contribution < 1.29 is 4.79 Å². The predicted molar refractivity (Wildman–Crippen MR) is 71.9 cm³/mol. The average molecular weight is 292 g/mol. The average Bonchev–Trinajstić information content (AvgIpc) is 3.05. The fourth-order valence-corrected chi connectivity index (χ4v) is 2.48. The lowest BCUT2D eigenvalue weighted by Gasteiger charge is -2.11. The number of nitrogens with zero attached hydrogens (tertiary/aromatic N) is 6. The number of tetrazole rings is 1. The smallest absolute Gasteiger partial charge is 0.242 e. The topological polar surface area (TPSA) is 116 Å². The van der Waals surface area contributed by atoms with Crippen molar-refractivity contribution >= 4 is 28.2 Å². The molecule has 0 saturated heterocycles. The van der Waals surface area contributed by atoms with Gasteiger partial charge in [-0.05, 0) is 17.4 Å². The number of anilines is 1. The molecule has 3 heterocycles. The van der Waals surface area contributed by atoms with Crippen LogP contribution in [0.1, 0.15) is 18.7 Å². The van der Waals surface area contributed by atoms with Crippen molar-refractivity contribution in [1.82, 2.24) is 34.9 Å². The first-order valence-corrected chi connectivity index (χ1v) is 6.74. The number of thiazole rings is 1. The molecular weight excluding hydrogens is 280 g/mol. The quantitative estimate of drug-likeness (QED) is 0.690. The predicted octanol–water partition coefficient (Wildman–Crippen LogP) is -0.158. The first-order valence-electron chi connectivity index (χ1n) is 5.86. The molecule has 0 bridgehead atoms. The van der Waals surface area contributed by atoms with Crippen molar-refractivity contribution in [2.24, 2.45) is 0 Å². The number of amides is 1. The van der Waals surface area contributed by atoms with Crippen LogP contribution >= 0.6 is 11.3 Å². The molecule has 1 amide bonds. The number of aromatic nitrogens is 6. The van der Waals surface area contributed by atoms with E-state index in [9.17, 15) is 4.79 Å². The van der Waals surface area contributed by atoms with Gasteiger partial charge in [0.1, 0.15) is 6.54 Å². The summed E-state index contributed by atoms with van der Waals surface area (Å²) in [5, 5.41) is 15.3. The molecule has 3 rings (SSSR count). The molecule has 0 aliphatic carbocycles. The molecule has 0 radical (unpaired) electrons. The van der Waals surface area contributed by atoms with Gasteiger partial charge in [0, 0.05) is 17.8 Å². The highest BCUT2D eigenvalue weighted by Gasteiger charge is 2.15. The lowest BCUT2D eigenvalue weighted by atomic mass is 10.2. The highest BCUT2D eigenvalue weighted by Crippen LogP contribution is 2.16. The molecule has 0 aliphatic rings. The fourth-order valence-electron chi connectivity index (χ4n) is 1.78. The summed E-state index contributed by atoms with van der Waals surface area (Å²) in [6.07, 6.45) is 3.81. The van der Waals surface area contributed by atoms with Gasteiger partial charge >= 0.3 is 0 Å². The van der Waals surface area contributed by atoms with Gasteiger partial charge in [-0.1, -0.05) is 5.10 Å². The summed E-state index contributed by atoms with van der Waals surface area (Å²) in [6, 6.07) is -0.202. The minimum absolute atomic E-state index is 0.0224. The molecule has 3 aromatic rings. The molecule has 1 atom stereocenters. The zero-order valence-electron chi connectivity index (χ0n) is 10.6. The highest BCUT2D eigenvalue weighted by molar-refractivity contribution is 7.15. The number of imidazole rings is 1. The molecule has 3 aromatic heterocycles. The van der Waals surface area contributed by atoms with Crippen LogP contribution in [0.25, 0.3) is 4.96 Å². The van der Waals surface area contributed by atoms with E-state index < -0.39 is 0 Å². The fraction of sp³-hybridized carbons (Fsp3) is 0.300. The second-order valence-corrected chi connectivity index (χ2v) is 5.12. The van der Waals surface area contributed by atoms with Crippen LogP contribution in [0.2, 0.25) is 0 Å². The lowest BCUT2D eigenvalue weighted by molar-refractivity contribution is -0.122. The van der Waals surface area contributed by atoms with E-state index in [1.54, 1.807) is 11.3 Å². The van der Waals surface area contributed by atoms with E-state index in [-0.39, 0.29) is 24.4 Å². The Morgan fingerprint density at radius 2 is 2.45 bits per heavy atom. The van der Waals surface area contributed by atoms with Crippen LogP contribution in [0.4, 0.5) is 5.95 Å². The number of hydrogen-bond donors (Lipinski definition) is 2. The van der Waals surface area contributed by atoms with Gasteiger partial charge in [0.05, 0.1) is 11.7 Å². The summed E-state index contributed by atoms with van der Waals surface area (Å²) in [7, 11) is 0. The molecule has 0 aliphatic heterocycles. The molecular formula is C10H12N8OS. The molecule has 0 spiro atoms.